The molecule has 1 aromatic carbocycles. The van der Waals surface area contributed by atoms with Crippen LogP contribution in [0.25, 0.3) is 0 Å². The van der Waals surface area contributed by atoms with Crippen molar-refractivity contribution >= 4 is 8.32 Å². The van der Waals surface area contributed by atoms with Crippen LogP contribution in [-0.2, 0) is 6.42 Å². The summed E-state index contributed by atoms with van der Waals surface area (Å²) in [6, 6.07) is 4.20. The first-order valence-corrected chi connectivity index (χ1v) is 14.7. The number of allylic oxidation sites excluding steroid dienone is 3. The van der Waals surface area contributed by atoms with E-state index in [1.807, 2.05) is 6.07 Å². The van der Waals surface area contributed by atoms with E-state index >= 15 is 0 Å². The SMILES string of the molecule is C=C(C)[C@@H]1CCC(C)=C[C@H]1c1c(O)cc(CCCCC)cc1O[Si](C)(C)C(C)(C)C. The number of hydrogen-bond acceptors (Lipinski definition) is 2. The number of phenols is 1. The molecule has 2 atom stereocenters. The van der Waals surface area contributed by atoms with Crippen molar-refractivity contribution in [3.63, 3.8) is 0 Å². The van der Waals surface area contributed by atoms with Crippen LogP contribution in [0.3, 0.4) is 0 Å². The molecule has 0 amide bonds. The summed E-state index contributed by atoms with van der Waals surface area (Å²) in [6.07, 6.45) is 9.06. The molecule has 0 aliphatic heterocycles. The van der Waals surface area contributed by atoms with Crippen molar-refractivity contribution < 1.29 is 9.53 Å². The Morgan fingerprint density at radius 1 is 1.23 bits per heavy atom. The van der Waals surface area contributed by atoms with Crippen molar-refractivity contribution in [2.24, 2.45) is 5.92 Å². The molecule has 3 heteroatoms. The first kappa shape index (κ1) is 24.8. The van der Waals surface area contributed by atoms with Crippen molar-refractivity contribution in [1.82, 2.24) is 0 Å². The van der Waals surface area contributed by atoms with E-state index in [0.29, 0.717) is 11.7 Å². The topological polar surface area (TPSA) is 29.5 Å². The summed E-state index contributed by atoms with van der Waals surface area (Å²) in [5.41, 5.74) is 4.73. The van der Waals surface area contributed by atoms with Crippen LogP contribution in [0.2, 0.25) is 18.1 Å². The summed E-state index contributed by atoms with van der Waals surface area (Å²) < 4.78 is 6.86. The maximum absolute atomic E-state index is 11.2. The Hall–Kier alpha value is -1.48. The van der Waals surface area contributed by atoms with Crippen molar-refractivity contribution in [3.05, 3.63) is 47.1 Å². The summed E-state index contributed by atoms with van der Waals surface area (Å²) in [4.78, 5) is 0. The standard InChI is InChI=1S/C27H44O2Si/c1-10-11-12-13-21-17-24(28)26(23-16-20(4)14-15-22(23)19(2)3)25(18-21)29-30(8,9)27(5,6)7/h16-18,22-23,28H,2,10-15H2,1,3-9H3/t22-,23+/m0/s1. The highest BCUT2D eigenvalue weighted by Gasteiger charge is 2.40. The fourth-order valence-corrected chi connectivity index (χ4v) is 5.17. The monoisotopic (exact) mass is 428 g/mol. The third kappa shape index (κ3) is 5.81. The van der Waals surface area contributed by atoms with Gasteiger partial charge in [0, 0.05) is 11.5 Å². The number of benzene rings is 1. The van der Waals surface area contributed by atoms with Crippen molar-refractivity contribution in [1.29, 1.82) is 0 Å². The van der Waals surface area contributed by atoms with Crippen LogP contribution >= 0.6 is 0 Å². The van der Waals surface area contributed by atoms with E-state index < -0.39 is 8.32 Å². The van der Waals surface area contributed by atoms with E-state index in [1.54, 1.807) is 0 Å². The van der Waals surface area contributed by atoms with Crippen molar-refractivity contribution in [3.8, 4) is 11.5 Å². The molecule has 2 nitrogen and oxygen atoms in total. The van der Waals surface area contributed by atoms with Crippen LogP contribution in [0, 0.1) is 5.92 Å². The average Bonchev–Trinajstić information content (AvgIpc) is 2.60. The third-order valence-corrected chi connectivity index (χ3v) is 11.5. The van der Waals surface area contributed by atoms with E-state index in [2.05, 4.69) is 73.4 Å². The van der Waals surface area contributed by atoms with Crippen LogP contribution in [0.4, 0.5) is 0 Å². The van der Waals surface area contributed by atoms with Gasteiger partial charge < -0.3 is 9.53 Å². The highest BCUT2D eigenvalue weighted by molar-refractivity contribution is 6.74. The minimum absolute atomic E-state index is 0.101. The number of aromatic hydroxyl groups is 1. The van der Waals surface area contributed by atoms with Gasteiger partial charge in [0.2, 0.25) is 8.32 Å². The maximum Gasteiger partial charge on any atom is 0.250 e. The molecule has 30 heavy (non-hydrogen) atoms. The molecule has 1 aliphatic carbocycles. The van der Waals surface area contributed by atoms with Gasteiger partial charge in [0.05, 0.1) is 0 Å². The number of aryl methyl sites for hydroxylation is 1. The zero-order valence-corrected chi connectivity index (χ0v) is 21.7. The van der Waals surface area contributed by atoms with Crippen LogP contribution < -0.4 is 4.43 Å². The quantitative estimate of drug-likeness (QED) is 0.255. The fraction of sp³-hybridized carbons (Fsp3) is 0.630. The van der Waals surface area contributed by atoms with Crippen molar-refractivity contribution in [2.75, 3.05) is 0 Å². The molecule has 1 aliphatic rings. The predicted molar refractivity (Wildman–Crippen MR) is 133 cm³/mol. The lowest BCUT2D eigenvalue weighted by atomic mass is 9.73. The Morgan fingerprint density at radius 3 is 2.47 bits per heavy atom. The summed E-state index contributed by atoms with van der Waals surface area (Å²) in [6.45, 7) is 22.2. The first-order chi connectivity index (χ1) is 13.9. The fourth-order valence-electron chi connectivity index (χ4n) is 4.14. The van der Waals surface area contributed by atoms with E-state index in [0.717, 1.165) is 37.0 Å². The minimum Gasteiger partial charge on any atom is -0.543 e. The van der Waals surface area contributed by atoms with Gasteiger partial charge in [-0.1, -0.05) is 64.3 Å². The number of phenolic OH excluding ortho intramolecular Hbond substituents is 1. The second-order valence-electron chi connectivity index (χ2n) is 10.9. The van der Waals surface area contributed by atoms with Gasteiger partial charge >= 0.3 is 0 Å². The van der Waals surface area contributed by atoms with Gasteiger partial charge in [-0.05, 0) is 81.3 Å². The van der Waals surface area contributed by atoms with Gasteiger partial charge in [0.25, 0.3) is 0 Å². The van der Waals surface area contributed by atoms with Gasteiger partial charge in [-0.2, -0.15) is 0 Å². The second kappa shape index (κ2) is 9.76. The Kier molecular flexibility index (Phi) is 8.07. The highest BCUT2D eigenvalue weighted by Crippen LogP contribution is 2.48. The molecule has 0 saturated carbocycles. The molecule has 168 valence electrons. The molecule has 0 saturated heterocycles. The van der Waals surface area contributed by atoms with E-state index in [1.165, 1.54) is 29.6 Å². The molecule has 2 rings (SSSR count). The largest absolute Gasteiger partial charge is 0.543 e. The number of hydrogen-bond donors (Lipinski definition) is 1. The summed E-state index contributed by atoms with van der Waals surface area (Å²) >= 11 is 0. The zero-order valence-electron chi connectivity index (χ0n) is 20.7. The predicted octanol–water partition coefficient (Wildman–Crippen LogP) is 8.52. The molecule has 0 fully saturated rings. The van der Waals surface area contributed by atoms with Gasteiger partial charge in [0.1, 0.15) is 11.5 Å². The first-order valence-electron chi connectivity index (χ1n) is 11.7. The Morgan fingerprint density at radius 2 is 1.90 bits per heavy atom. The summed E-state index contributed by atoms with van der Waals surface area (Å²) in [5, 5.41) is 11.3. The average molecular weight is 429 g/mol. The Labute approximate surface area is 186 Å². The Bertz CT molecular complexity index is 783. The lowest BCUT2D eigenvalue weighted by molar-refractivity contribution is 0.416. The van der Waals surface area contributed by atoms with E-state index in [4.69, 9.17) is 4.43 Å². The molecule has 0 radical (unpaired) electrons. The number of rotatable bonds is 8. The van der Waals surface area contributed by atoms with Crippen LogP contribution in [0.5, 0.6) is 11.5 Å². The van der Waals surface area contributed by atoms with Crippen molar-refractivity contribution in [2.45, 2.75) is 104 Å². The van der Waals surface area contributed by atoms with E-state index in [-0.39, 0.29) is 11.0 Å². The molecule has 0 bridgehead atoms. The molecular weight excluding hydrogens is 384 g/mol. The summed E-state index contributed by atoms with van der Waals surface area (Å²) in [7, 11) is -2.05. The van der Waals surface area contributed by atoms with Crippen LogP contribution in [0.15, 0.2) is 35.9 Å². The molecule has 0 spiro atoms. The van der Waals surface area contributed by atoms with Crippen LogP contribution in [0.1, 0.15) is 90.7 Å². The molecule has 0 aromatic heterocycles. The Balaban J connectivity index is 2.59. The lowest BCUT2D eigenvalue weighted by Gasteiger charge is -2.39. The normalized spacial score (nSPS) is 20.1. The zero-order chi connectivity index (χ0) is 22.7. The molecule has 1 N–H and O–H groups in total. The highest BCUT2D eigenvalue weighted by atomic mass is 28.4. The van der Waals surface area contributed by atoms with E-state index in [9.17, 15) is 5.11 Å². The van der Waals surface area contributed by atoms with Gasteiger partial charge in [-0.3, -0.25) is 0 Å². The summed E-state index contributed by atoms with van der Waals surface area (Å²) in [5.74, 6) is 1.75. The van der Waals surface area contributed by atoms with Gasteiger partial charge in [-0.25, -0.2) is 0 Å². The second-order valence-corrected chi connectivity index (χ2v) is 15.6. The lowest BCUT2D eigenvalue weighted by Crippen LogP contribution is -2.44. The van der Waals surface area contributed by atoms with Gasteiger partial charge in [-0.15, -0.1) is 0 Å². The third-order valence-electron chi connectivity index (χ3n) is 7.13. The van der Waals surface area contributed by atoms with Gasteiger partial charge in [0.15, 0.2) is 0 Å². The molecule has 1 aromatic rings. The molecular formula is C27H44O2Si. The van der Waals surface area contributed by atoms with Crippen LogP contribution in [-0.4, -0.2) is 13.4 Å². The molecule has 0 unspecified atom stereocenters. The minimum atomic E-state index is -2.05. The maximum atomic E-state index is 11.2. The number of unbranched alkanes of at least 4 members (excludes halogenated alkanes) is 2. The smallest absolute Gasteiger partial charge is 0.250 e. The molecule has 0 heterocycles.